The monoisotopic (exact) mass is 271 g/mol. The van der Waals surface area contributed by atoms with Crippen LogP contribution >= 0.6 is 0 Å². The van der Waals surface area contributed by atoms with E-state index in [2.05, 4.69) is 6.58 Å². The van der Waals surface area contributed by atoms with Crippen LogP contribution in [-0.2, 0) is 4.79 Å². The Morgan fingerprint density at radius 1 is 1.30 bits per heavy atom. The van der Waals surface area contributed by atoms with Crippen LogP contribution in [-0.4, -0.2) is 12.6 Å². The third-order valence-electron chi connectivity index (χ3n) is 3.75. The van der Waals surface area contributed by atoms with Crippen molar-refractivity contribution in [3.05, 3.63) is 47.7 Å². The number of carbonyl (C=O) groups excluding carboxylic acids is 1. The van der Waals surface area contributed by atoms with Gasteiger partial charge in [0.25, 0.3) is 0 Å². The molecule has 1 aromatic rings. The van der Waals surface area contributed by atoms with Crippen molar-refractivity contribution in [1.82, 2.24) is 0 Å². The first-order chi connectivity index (χ1) is 9.69. The van der Waals surface area contributed by atoms with Crippen LogP contribution in [0.4, 0.5) is 0 Å². The molecule has 1 unspecified atom stereocenters. The van der Waals surface area contributed by atoms with E-state index < -0.39 is 0 Å². The molecule has 0 amide bonds. The summed E-state index contributed by atoms with van der Waals surface area (Å²) in [6, 6.07) is 5.60. The minimum Gasteiger partial charge on any atom is -0.875 e. The van der Waals surface area contributed by atoms with Crippen LogP contribution in [0.1, 0.15) is 30.7 Å². The standard InChI is InChI=1S/C16H16O4/c1-2-3-12-13(17)6-11(7-14(12)18)10-4-5-15-16(8-10)20-9-19-15/h2,4-5,8,11,17H,1,3,6-7,9H2/p-1. The number of hydrogen-bond donors (Lipinski definition) is 0. The maximum Gasteiger partial charge on any atom is 0.231 e. The third-order valence-corrected chi connectivity index (χ3v) is 3.75. The van der Waals surface area contributed by atoms with Crippen LogP contribution in [0.2, 0.25) is 0 Å². The van der Waals surface area contributed by atoms with Crippen molar-refractivity contribution >= 4 is 5.78 Å². The summed E-state index contributed by atoms with van der Waals surface area (Å²) in [6.45, 7) is 3.81. The van der Waals surface area contributed by atoms with Gasteiger partial charge in [-0.1, -0.05) is 12.1 Å². The summed E-state index contributed by atoms with van der Waals surface area (Å²) in [5, 5.41) is 12.1. The van der Waals surface area contributed by atoms with Crippen LogP contribution in [0.25, 0.3) is 0 Å². The molecule has 20 heavy (non-hydrogen) atoms. The van der Waals surface area contributed by atoms with Crippen LogP contribution in [0.15, 0.2) is 42.2 Å². The molecule has 0 N–H and O–H groups in total. The number of carbonyl (C=O) groups is 1. The topological polar surface area (TPSA) is 58.6 Å². The van der Waals surface area contributed by atoms with Crippen molar-refractivity contribution in [2.45, 2.75) is 25.2 Å². The molecule has 0 spiro atoms. The number of ether oxygens (including phenoxy) is 2. The number of fused-ring (bicyclic) bond motifs is 1. The minimum atomic E-state index is -0.0712. The van der Waals surface area contributed by atoms with E-state index in [4.69, 9.17) is 9.47 Å². The van der Waals surface area contributed by atoms with Crippen LogP contribution in [0.5, 0.6) is 11.5 Å². The first-order valence-electron chi connectivity index (χ1n) is 6.61. The molecule has 0 radical (unpaired) electrons. The first-order valence-corrected chi connectivity index (χ1v) is 6.61. The maximum atomic E-state index is 12.1. The Bertz CT molecular complexity index is 600. The fourth-order valence-electron chi connectivity index (χ4n) is 2.70. The summed E-state index contributed by atoms with van der Waals surface area (Å²) in [7, 11) is 0. The van der Waals surface area contributed by atoms with Crippen molar-refractivity contribution in [2.75, 3.05) is 6.79 Å². The molecule has 104 valence electrons. The van der Waals surface area contributed by atoms with Gasteiger partial charge in [-0.15, -0.1) is 12.3 Å². The molecule has 0 saturated carbocycles. The molecule has 0 fully saturated rings. The molecule has 1 heterocycles. The van der Waals surface area contributed by atoms with Crippen LogP contribution < -0.4 is 14.6 Å². The van der Waals surface area contributed by atoms with Gasteiger partial charge in [-0.05, 0) is 42.0 Å². The Hall–Kier alpha value is -2.23. The quantitative estimate of drug-likeness (QED) is 0.789. The molecule has 1 atom stereocenters. The zero-order valence-corrected chi connectivity index (χ0v) is 11.1. The Kier molecular flexibility index (Phi) is 3.22. The average molecular weight is 271 g/mol. The van der Waals surface area contributed by atoms with Crippen molar-refractivity contribution in [1.29, 1.82) is 0 Å². The molecule has 0 bridgehead atoms. The van der Waals surface area contributed by atoms with E-state index in [1.807, 2.05) is 18.2 Å². The number of hydrogen-bond acceptors (Lipinski definition) is 4. The zero-order valence-electron chi connectivity index (χ0n) is 11.1. The highest BCUT2D eigenvalue weighted by Gasteiger charge is 2.25. The SMILES string of the molecule is C=CCC1=C([O-])CC(c2ccc3c(c2)OCO3)CC1=O. The molecule has 4 heteroatoms. The molecule has 1 aromatic carbocycles. The van der Waals surface area contributed by atoms with E-state index >= 15 is 0 Å². The van der Waals surface area contributed by atoms with Gasteiger partial charge in [-0.2, -0.15) is 0 Å². The van der Waals surface area contributed by atoms with Crippen LogP contribution in [0.3, 0.4) is 0 Å². The minimum absolute atomic E-state index is 0.0659. The van der Waals surface area contributed by atoms with E-state index in [1.54, 1.807) is 6.08 Å². The summed E-state index contributed by atoms with van der Waals surface area (Å²) in [4.78, 5) is 12.1. The molecule has 0 aromatic heterocycles. The lowest BCUT2D eigenvalue weighted by atomic mass is 9.82. The van der Waals surface area contributed by atoms with Crippen molar-refractivity contribution in [3.8, 4) is 11.5 Å². The summed E-state index contributed by atoms with van der Waals surface area (Å²) in [5.41, 5.74) is 1.34. The normalized spacial score (nSPS) is 21.2. The largest absolute Gasteiger partial charge is 0.875 e. The Morgan fingerprint density at radius 3 is 2.85 bits per heavy atom. The van der Waals surface area contributed by atoms with Gasteiger partial charge in [0, 0.05) is 6.42 Å². The average Bonchev–Trinajstić information content (AvgIpc) is 2.90. The third kappa shape index (κ3) is 2.18. The lowest BCUT2D eigenvalue weighted by molar-refractivity contribution is -0.309. The number of rotatable bonds is 3. The number of benzene rings is 1. The molecule has 4 nitrogen and oxygen atoms in total. The lowest BCUT2D eigenvalue weighted by Crippen LogP contribution is -2.24. The van der Waals surface area contributed by atoms with E-state index in [9.17, 15) is 9.90 Å². The van der Waals surface area contributed by atoms with Gasteiger partial charge in [0.15, 0.2) is 17.3 Å². The molecule has 3 rings (SSSR count). The molecular formula is C16H15O4-. The fraction of sp³-hybridized carbons (Fsp3) is 0.312. The lowest BCUT2D eigenvalue weighted by Gasteiger charge is -2.29. The zero-order chi connectivity index (χ0) is 14.1. The van der Waals surface area contributed by atoms with Crippen molar-refractivity contribution in [3.63, 3.8) is 0 Å². The molecular weight excluding hydrogens is 256 g/mol. The van der Waals surface area contributed by atoms with Gasteiger partial charge >= 0.3 is 0 Å². The predicted octanol–water partition coefficient (Wildman–Crippen LogP) is 2.05. The van der Waals surface area contributed by atoms with Crippen molar-refractivity contribution < 1.29 is 19.4 Å². The van der Waals surface area contributed by atoms with Gasteiger partial charge in [0.1, 0.15) is 0 Å². The predicted molar refractivity (Wildman–Crippen MR) is 71.4 cm³/mol. The first kappa shape index (κ1) is 12.8. The summed E-state index contributed by atoms with van der Waals surface area (Å²) in [5.74, 6) is 1.19. The number of ketones is 1. The number of Topliss-reactive ketones (excluding diaryl/α,β-unsaturated/α-hetero) is 1. The smallest absolute Gasteiger partial charge is 0.231 e. The molecule has 1 aliphatic heterocycles. The highest BCUT2D eigenvalue weighted by atomic mass is 16.7. The summed E-state index contributed by atoms with van der Waals surface area (Å²) in [6.07, 6.45) is 2.71. The second-order valence-corrected chi connectivity index (χ2v) is 5.04. The van der Waals surface area contributed by atoms with E-state index in [1.165, 1.54) is 0 Å². The highest BCUT2D eigenvalue weighted by Crippen LogP contribution is 2.39. The van der Waals surface area contributed by atoms with E-state index in [0.717, 1.165) is 5.56 Å². The van der Waals surface area contributed by atoms with Gasteiger partial charge < -0.3 is 14.6 Å². The summed E-state index contributed by atoms with van der Waals surface area (Å²) >= 11 is 0. The molecule has 1 aliphatic carbocycles. The Balaban J connectivity index is 1.86. The second-order valence-electron chi connectivity index (χ2n) is 5.04. The van der Waals surface area contributed by atoms with Gasteiger partial charge in [-0.25, -0.2) is 0 Å². The van der Waals surface area contributed by atoms with E-state index in [0.29, 0.717) is 36.3 Å². The fourth-order valence-corrected chi connectivity index (χ4v) is 2.70. The van der Waals surface area contributed by atoms with Gasteiger partial charge in [-0.3, -0.25) is 4.79 Å². The van der Waals surface area contributed by atoms with Crippen LogP contribution in [0, 0.1) is 0 Å². The van der Waals surface area contributed by atoms with Gasteiger partial charge in [0.05, 0.1) is 0 Å². The highest BCUT2D eigenvalue weighted by molar-refractivity contribution is 5.97. The maximum absolute atomic E-state index is 12.1. The van der Waals surface area contributed by atoms with Gasteiger partial charge in [0.2, 0.25) is 6.79 Å². The Labute approximate surface area is 117 Å². The molecule has 2 aliphatic rings. The number of allylic oxidation sites excluding steroid dienone is 3. The molecule has 0 saturated heterocycles. The summed E-state index contributed by atoms with van der Waals surface area (Å²) < 4.78 is 10.6. The van der Waals surface area contributed by atoms with Crippen molar-refractivity contribution in [2.24, 2.45) is 0 Å². The Morgan fingerprint density at radius 2 is 2.10 bits per heavy atom. The van der Waals surface area contributed by atoms with E-state index in [-0.39, 0.29) is 24.3 Å². The second kappa shape index (κ2) is 5.04.